The van der Waals surface area contributed by atoms with Crippen molar-refractivity contribution < 1.29 is 0 Å². The summed E-state index contributed by atoms with van der Waals surface area (Å²) in [6.45, 7) is 4.60. The number of aromatic nitrogens is 1. The summed E-state index contributed by atoms with van der Waals surface area (Å²) in [6, 6.07) is 14.5. The van der Waals surface area contributed by atoms with E-state index in [2.05, 4.69) is 91.3 Å². The van der Waals surface area contributed by atoms with Crippen LogP contribution in [-0.2, 0) is 6.42 Å². The van der Waals surface area contributed by atoms with E-state index in [4.69, 9.17) is 0 Å². The molecule has 0 spiro atoms. The lowest BCUT2D eigenvalue weighted by Crippen LogP contribution is -2.06. The summed E-state index contributed by atoms with van der Waals surface area (Å²) in [4.78, 5) is 1.46. The molecule has 2 unspecified atom stereocenters. The second-order valence-corrected chi connectivity index (χ2v) is 9.79. The fourth-order valence-corrected chi connectivity index (χ4v) is 6.76. The molecule has 1 aromatic heterocycles. The molecule has 2 aliphatic carbocycles. The van der Waals surface area contributed by atoms with Gasteiger partial charge in [0.25, 0.3) is 0 Å². The molecule has 0 saturated heterocycles. The second kappa shape index (κ2) is 6.53. The van der Waals surface area contributed by atoms with Gasteiger partial charge in [0, 0.05) is 38.7 Å². The van der Waals surface area contributed by atoms with E-state index >= 15 is 0 Å². The lowest BCUT2D eigenvalue weighted by molar-refractivity contribution is 0.615. The highest BCUT2D eigenvalue weighted by Crippen LogP contribution is 2.51. The normalized spacial score (nSPS) is 21.6. The summed E-state index contributed by atoms with van der Waals surface area (Å²) < 4.78 is 2.53. The third kappa shape index (κ3) is 2.55. The number of fused-ring (bicyclic) bond motifs is 6. The van der Waals surface area contributed by atoms with Crippen LogP contribution in [0.4, 0.5) is 0 Å². The molecule has 0 bridgehead atoms. The average Bonchev–Trinajstić information content (AvgIpc) is 3.29. The Balaban J connectivity index is 1.55. The van der Waals surface area contributed by atoms with Crippen LogP contribution in [0.1, 0.15) is 49.0 Å². The van der Waals surface area contributed by atoms with Gasteiger partial charge in [0.1, 0.15) is 0 Å². The molecular weight excluding hydrogens is 370 g/mol. The van der Waals surface area contributed by atoms with Crippen LogP contribution in [0.5, 0.6) is 0 Å². The van der Waals surface area contributed by atoms with Crippen LogP contribution in [0, 0.1) is 0 Å². The minimum atomic E-state index is 0.452. The molecule has 1 aliphatic heterocycles. The molecule has 2 aromatic carbocycles. The van der Waals surface area contributed by atoms with Crippen molar-refractivity contribution in [1.82, 2.24) is 4.57 Å². The van der Waals surface area contributed by atoms with E-state index in [9.17, 15) is 0 Å². The Labute approximate surface area is 176 Å². The van der Waals surface area contributed by atoms with Crippen LogP contribution in [0.2, 0.25) is 0 Å². The van der Waals surface area contributed by atoms with Crippen LogP contribution in [0.3, 0.4) is 0 Å². The number of hydrogen-bond acceptors (Lipinski definition) is 1. The maximum Gasteiger partial charge on any atom is 0.0496 e. The lowest BCUT2D eigenvalue weighted by Gasteiger charge is -2.15. The Morgan fingerprint density at radius 1 is 1.07 bits per heavy atom. The van der Waals surface area contributed by atoms with Gasteiger partial charge in [-0.3, -0.25) is 0 Å². The van der Waals surface area contributed by atoms with E-state index in [1.165, 1.54) is 43.7 Å². The number of rotatable bonds is 2. The first-order chi connectivity index (χ1) is 14.2. The summed E-state index contributed by atoms with van der Waals surface area (Å²) in [7, 11) is 0. The summed E-state index contributed by atoms with van der Waals surface area (Å²) in [5.41, 5.74) is 8.53. The topological polar surface area (TPSA) is 4.93 Å². The molecule has 144 valence electrons. The zero-order valence-electron chi connectivity index (χ0n) is 16.9. The number of aryl methyl sites for hydroxylation is 1. The minimum Gasteiger partial charge on any atom is -0.338 e. The van der Waals surface area contributed by atoms with Crippen molar-refractivity contribution in [2.75, 3.05) is 0 Å². The highest BCUT2D eigenvalue weighted by atomic mass is 32.2. The van der Waals surface area contributed by atoms with Gasteiger partial charge in [0.05, 0.1) is 0 Å². The Bertz CT molecular complexity index is 1220. The van der Waals surface area contributed by atoms with Crippen molar-refractivity contribution in [3.8, 4) is 11.1 Å². The SMILES string of the molecule is CC(C)n1c2c(c3ccc(-c4cccc5c4SC4C=CC=CC54)cc31)CCC=C2. The van der Waals surface area contributed by atoms with Crippen LogP contribution in [0.25, 0.3) is 28.1 Å². The molecule has 2 heterocycles. The zero-order valence-corrected chi connectivity index (χ0v) is 17.7. The summed E-state index contributed by atoms with van der Waals surface area (Å²) >= 11 is 2.03. The highest BCUT2D eigenvalue weighted by molar-refractivity contribution is 8.00. The van der Waals surface area contributed by atoms with E-state index in [1.54, 1.807) is 0 Å². The quantitative estimate of drug-likeness (QED) is 0.434. The molecule has 3 aliphatic rings. The van der Waals surface area contributed by atoms with Gasteiger partial charge < -0.3 is 4.57 Å². The fraction of sp³-hybridized carbons (Fsp3) is 0.259. The van der Waals surface area contributed by atoms with Gasteiger partial charge in [0.2, 0.25) is 0 Å². The van der Waals surface area contributed by atoms with Crippen molar-refractivity contribution in [3.05, 3.63) is 83.6 Å². The maximum absolute atomic E-state index is 2.53. The standard InChI is InChI=1S/C27H25NS/c1-17(2)28-24-12-5-3-8-20(24)21-15-14-18(16-25(21)28)19-10-7-11-23-22-9-4-6-13-26(22)29-27(19)23/h4-7,9-17,22,26H,3,8H2,1-2H3. The van der Waals surface area contributed by atoms with Gasteiger partial charge >= 0.3 is 0 Å². The minimum absolute atomic E-state index is 0.452. The molecule has 0 amide bonds. The third-order valence-corrected chi connectivity index (χ3v) is 7.97. The van der Waals surface area contributed by atoms with Gasteiger partial charge in [-0.25, -0.2) is 0 Å². The number of benzene rings is 2. The Hall–Kier alpha value is -2.45. The number of hydrogen-bond donors (Lipinski definition) is 0. The first-order valence-corrected chi connectivity index (χ1v) is 11.6. The lowest BCUT2D eigenvalue weighted by atomic mass is 9.90. The van der Waals surface area contributed by atoms with E-state index in [0.717, 1.165) is 12.8 Å². The molecule has 0 saturated carbocycles. The number of allylic oxidation sites excluding steroid dienone is 4. The van der Waals surface area contributed by atoms with Gasteiger partial charge in [0.15, 0.2) is 0 Å². The first-order valence-electron chi connectivity index (χ1n) is 10.7. The van der Waals surface area contributed by atoms with Crippen molar-refractivity contribution in [2.24, 2.45) is 0 Å². The Morgan fingerprint density at radius 3 is 2.86 bits per heavy atom. The number of thioether (sulfide) groups is 1. The molecule has 2 heteroatoms. The predicted octanol–water partition coefficient (Wildman–Crippen LogP) is 7.53. The van der Waals surface area contributed by atoms with E-state index in [1.807, 2.05) is 11.8 Å². The first kappa shape index (κ1) is 17.4. The summed E-state index contributed by atoms with van der Waals surface area (Å²) in [6.07, 6.45) is 16.1. The van der Waals surface area contributed by atoms with Crippen LogP contribution in [0.15, 0.2) is 71.7 Å². The van der Waals surface area contributed by atoms with Crippen LogP contribution in [-0.4, -0.2) is 9.82 Å². The van der Waals surface area contributed by atoms with E-state index in [-0.39, 0.29) is 0 Å². The average molecular weight is 396 g/mol. The van der Waals surface area contributed by atoms with E-state index < -0.39 is 0 Å². The largest absolute Gasteiger partial charge is 0.338 e. The zero-order chi connectivity index (χ0) is 19.5. The Kier molecular flexibility index (Phi) is 3.92. The fourth-order valence-electron chi connectivity index (χ4n) is 5.28. The molecule has 2 atom stereocenters. The van der Waals surface area contributed by atoms with Crippen molar-refractivity contribution in [1.29, 1.82) is 0 Å². The predicted molar refractivity (Wildman–Crippen MR) is 126 cm³/mol. The third-order valence-electron chi connectivity index (χ3n) is 6.56. The van der Waals surface area contributed by atoms with Crippen LogP contribution < -0.4 is 0 Å². The molecule has 6 rings (SSSR count). The maximum atomic E-state index is 2.53. The smallest absolute Gasteiger partial charge is 0.0496 e. The summed E-state index contributed by atoms with van der Waals surface area (Å²) in [5.74, 6) is 0.514. The molecule has 0 radical (unpaired) electrons. The molecule has 0 fully saturated rings. The van der Waals surface area contributed by atoms with Crippen molar-refractivity contribution >= 4 is 28.7 Å². The highest BCUT2D eigenvalue weighted by Gasteiger charge is 2.32. The molecule has 29 heavy (non-hydrogen) atoms. The van der Waals surface area contributed by atoms with Gasteiger partial charge in [-0.2, -0.15) is 0 Å². The van der Waals surface area contributed by atoms with Gasteiger partial charge in [-0.15, -0.1) is 11.8 Å². The van der Waals surface area contributed by atoms with Gasteiger partial charge in [-0.05, 0) is 61.1 Å². The van der Waals surface area contributed by atoms with E-state index in [0.29, 0.717) is 17.2 Å². The van der Waals surface area contributed by atoms with Crippen LogP contribution >= 0.6 is 11.8 Å². The van der Waals surface area contributed by atoms with Crippen molar-refractivity contribution in [3.63, 3.8) is 0 Å². The summed E-state index contributed by atoms with van der Waals surface area (Å²) in [5, 5.41) is 1.97. The van der Waals surface area contributed by atoms with Gasteiger partial charge in [-0.1, -0.05) is 60.7 Å². The molecule has 1 nitrogen and oxygen atoms in total. The second-order valence-electron chi connectivity index (χ2n) is 8.60. The Morgan fingerprint density at radius 2 is 1.97 bits per heavy atom. The molecule has 0 N–H and O–H groups in total. The molecule has 3 aromatic rings. The van der Waals surface area contributed by atoms with Crippen molar-refractivity contribution in [2.45, 2.75) is 48.8 Å². The number of nitrogens with zero attached hydrogens (tertiary/aromatic N) is 1. The molecular formula is C27H25NS. The monoisotopic (exact) mass is 395 g/mol.